The van der Waals surface area contributed by atoms with Gasteiger partial charge >= 0.3 is 0 Å². The average Bonchev–Trinajstić information content (AvgIpc) is 2.71. The number of nitrogen functional groups attached to an aromatic ring is 1. The first-order valence-corrected chi connectivity index (χ1v) is 6.57. The molecule has 8 heteroatoms. The molecule has 0 amide bonds. The molecule has 0 saturated heterocycles. The van der Waals surface area contributed by atoms with Gasteiger partial charge in [-0.25, -0.2) is 0 Å². The van der Waals surface area contributed by atoms with Gasteiger partial charge in [-0.15, -0.1) is 47.9 Å². The predicted octanol–water partition coefficient (Wildman–Crippen LogP) is 3.54. The fourth-order valence-electron chi connectivity index (χ4n) is 1.14. The smallest absolute Gasteiger partial charge is 0.294 e. The normalized spacial score (nSPS) is 10.6. The number of hydrogen-bond donors (Lipinski definition) is 3. The summed E-state index contributed by atoms with van der Waals surface area (Å²) in [4.78, 5) is 11.9. The van der Waals surface area contributed by atoms with Gasteiger partial charge in [-0.1, -0.05) is 0 Å². The third-order valence-electron chi connectivity index (χ3n) is 1.87. The van der Waals surface area contributed by atoms with E-state index in [0.717, 1.165) is 9.75 Å². The van der Waals surface area contributed by atoms with E-state index >= 15 is 0 Å². The van der Waals surface area contributed by atoms with Crippen LogP contribution in [0.5, 0.6) is 0 Å². The molecule has 0 aromatic carbocycles. The van der Waals surface area contributed by atoms with Crippen molar-refractivity contribution in [2.45, 2.75) is 8.42 Å². The number of rotatable bonds is 2. The maximum atomic E-state index is 10.7. The number of nitrogens with zero attached hydrogens (tertiary/aromatic N) is 1. The van der Waals surface area contributed by atoms with E-state index in [1.54, 1.807) is 6.07 Å². The Labute approximate surface area is 110 Å². The van der Waals surface area contributed by atoms with Crippen molar-refractivity contribution in [2.75, 3.05) is 5.73 Å². The Balaban J connectivity index is 2.49. The summed E-state index contributed by atoms with van der Waals surface area (Å²) in [5.41, 5.74) is 6.28. The monoisotopic (exact) mass is 290 g/mol. The molecular weight excluding hydrogens is 284 g/mol. The van der Waals surface area contributed by atoms with Crippen LogP contribution in [0.25, 0.3) is 9.75 Å². The van der Waals surface area contributed by atoms with Gasteiger partial charge in [-0.2, -0.15) is 0 Å². The molecule has 4 nitrogen and oxygen atoms in total. The maximum Gasteiger partial charge on any atom is 0.294 e. The summed E-state index contributed by atoms with van der Waals surface area (Å²) < 4.78 is 1.11. The molecule has 0 aliphatic rings. The number of hydrogen-bond acceptors (Lipinski definition) is 7. The number of nitrogens with two attached hydrogens (primary N) is 1. The van der Waals surface area contributed by atoms with Crippen molar-refractivity contribution in [1.29, 1.82) is 0 Å². The molecule has 2 rings (SSSR count). The zero-order valence-electron chi connectivity index (χ0n) is 7.71. The Morgan fingerprint density at radius 1 is 1.19 bits per heavy atom. The number of anilines is 1. The van der Waals surface area contributed by atoms with Gasteiger partial charge in [-0.05, 0) is 6.07 Å². The summed E-state index contributed by atoms with van der Waals surface area (Å²) in [5, 5.41) is 10.7. The fraction of sp³-hybridized carbons (Fsp3) is 0. The molecule has 0 atom stereocenters. The molecule has 2 N–H and O–H groups in total. The highest BCUT2D eigenvalue weighted by Gasteiger charge is 2.18. The molecule has 0 saturated carbocycles. The van der Waals surface area contributed by atoms with Crippen LogP contribution >= 0.6 is 47.9 Å². The summed E-state index contributed by atoms with van der Waals surface area (Å²) in [6.07, 6.45) is 0. The summed E-state index contributed by atoms with van der Waals surface area (Å²) in [6.45, 7) is 0. The Morgan fingerprint density at radius 2 is 1.75 bits per heavy atom. The van der Waals surface area contributed by atoms with Gasteiger partial charge in [-0.3, -0.25) is 10.1 Å². The second-order valence-corrected chi connectivity index (χ2v) is 6.53. The molecule has 2 heterocycles. The third kappa shape index (κ3) is 2.05. The average molecular weight is 290 g/mol. The summed E-state index contributed by atoms with van der Waals surface area (Å²) >= 11 is 10.9. The van der Waals surface area contributed by atoms with Gasteiger partial charge in [0, 0.05) is 10.9 Å². The van der Waals surface area contributed by atoms with Gasteiger partial charge in [0.25, 0.3) is 5.69 Å². The molecule has 84 valence electrons. The number of thiol groups is 2. The molecular formula is C8H6N2O2S4. The van der Waals surface area contributed by atoms with Gasteiger partial charge in [0.1, 0.15) is 4.21 Å². The van der Waals surface area contributed by atoms with Crippen LogP contribution in [-0.2, 0) is 0 Å². The van der Waals surface area contributed by atoms with Gasteiger partial charge in [0.2, 0.25) is 0 Å². The Hall–Kier alpha value is -0.700. The molecule has 0 fully saturated rings. The largest absolute Gasteiger partial charge is 0.397 e. The molecule has 0 aliphatic heterocycles. The van der Waals surface area contributed by atoms with E-state index in [1.807, 2.05) is 0 Å². The van der Waals surface area contributed by atoms with Crippen LogP contribution in [0, 0.1) is 10.1 Å². The number of thiophene rings is 2. The van der Waals surface area contributed by atoms with Crippen molar-refractivity contribution in [1.82, 2.24) is 0 Å². The zero-order chi connectivity index (χ0) is 11.9. The highest BCUT2D eigenvalue weighted by atomic mass is 32.2. The van der Waals surface area contributed by atoms with E-state index in [-0.39, 0.29) is 5.69 Å². The zero-order valence-corrected chi connectivity index (χ0v) is 11.1. The lowest BCUT2D eigenvalue weighted by Gasteiger charge is -1.85. The van der Waals surface area contributed by atoms with Crippen LogP contribution < -0.4 is 5.73 Å². The van der Waals surface area contributed by atoms with Crippen LogP contribution in [0.15, 0.2) is 20.6 Å². The van der Waals surface area contributed by atoms with Gasteiger partial charge in [0.15, 0.2) is 0 Å². The summed E-state index contributed by atoms with van der Waals surface area (Å²) in [6, 6.07) is 3.27. The first-order chi connectivity index (χ1) is 7.49. The van der Waals surface area contributed by atoms with Crippen LogP contribution in [0.4, 0.5) is 11.4 Å². The third-order valence-corrected chi connectivity index (χ3v) is 4.98. The topological polar surface area (TPSA) is 69.2 Å². The Morgan fingerprint density at radius 3 is 2.19 bits per heavy atom. The van der Waals surface area contributed by atoms with Crippen LogP contribution in [0.3, 0.4) is 0 Å². The van der Waals surface area contributed by atoms with E-state index in [2.05, 4.69) is 25.3 Å². The quantitative estimate of drug-likeness (QED) is 0.450. The van der Waals surface area contributed by atoms with E-state index in [4.69, 9.17) is 5.73 Å². The van der Waals surface area contributed by atoms with Crippen molar-refractivity contribution in [2.24, 2.45) is 0 Å². The minimum atomic E-state index is -0.444. The molecule has 0 unspecified atom stereocenters. The molecule has 16 heavy (non-hydrogen) atoms. The lowest BCUT2D eigenvalue weighted by Crippen LogP contribution is -1.84. The van der Waals surface area contributed by atoms with Crippen molar-refractivity contribution in [3.8, 4) is 9.75 Å². The first-order valence-electron chi connectivity index (χ1n) is 4.05. The van der Waals surface area contributed by atoms with E-state index in [1.165, 1.54) is 28.7 Å². The summed E-state index contributed by atoms with van der Waals surface area (Å²) in [7, 11) is 0. The van der Waals surface area contributed by atoms with Crippen LogP contribution in [0.1, 0.15) is 0 Å². The van der Waals surface area contributed by atoms with E-state index in [9.17, 15) is 10.1 Å². The SMILES string of the molecule is Nc1cc(-c2cc([N+](=O)[O-])c(S)s2)sc1S. The Kier molecular flexibility index (Phi) is 3.15. The Bertz CT molecular complexity index is 541. The highest BCUT2D eigenvalue weighted by molar-refractivity contribution is 7.83. The van der Waals surface area contributed by atoms with Crippen molar-refractivity contribution >= 4 is 59.3 Å². The second kappa shape index (κ2) is 4.28. The second-order valence-electron chi connectivity index (χ2n) is 2.93. The van der Waals surface area contributed by atoms with Crippen molar-refractivity contribution in [3.05, 3.63) is 22.2 Å². The molecule has 0 aliphatic carbocycles. The molecule has 0 radical (unpaired) electrons. The fourth-order valence-corrected chi connectivity index (χ4v) is 3.70. The molecule has 2 aromatic heterocycles. The number of nitro groups is 1. The standard InChI is InChI=1S/C8H6N2O2S4/c9-3-1-5(15-7(3)13)6-2-4(10(11)12)8(14)16-6/h1-2,13-14H,9H2. The molecule has 0 spiro atoms. The lowest BCUT2D eigenvalue weighted by molar-refractivity contribution is -0.387. The maximum absolute atomic E-state index is 10.7. The summed E-state index contributed by atoms with van der Waals surface area (Å²) in [5.74, 6) is 0. The predicted molar refractivity (Wildman–Crippen MR) is 73.2 cm³/mol. The molecule has 2 aromatic rings. The first kappa shape index (κ1) is 11.8. The van der Waals surface area contributed by atoms with Gasteiger partial charge in [0.05, 0.1) is 19.7 Å². The highest BCUT2D eigenvalue weighted by Crippen LogP contribution is 2.43. The van der Waals surface area contributed by atoms with E-state index < -0.39 is 4.92 Å². The van der Waals surface area contributed by atoms with Crippen molar-refractivity contribution < 1.29 is 4.92 Å². The van der Waals surface area contributed by atoms with Gasteiger partial charge < -0.3 is 5.73 Å². The van der Waals surface area contributed by atoms with Crippen LogP contribution in [-0.4, -0.2) is 4.92 Å². The lowest BCUT2D eigenvalue weighted by atomic mass is 10.3. The minimum absolute atomic E-state index is 0.0241. The van der Waals surface area contributed by atoms with Crippen LogP contribution in [0.2, 0.25) is 0 Å². The van der Waals surface area contributed by atoms with E-state index in [0.29, 0.717) is 14.1 Å². The van der Waals surface area contributed by atoms with Crippen molar-refractivity contribution in [3.63, 3.8) is 0 Å². The molecule has 0 bridgehead atoms. The minimum Gasteiger partial charge on any atom is -0.397 e.